The molecule has 0 unspecified atom stereocenters. The molecule has 0 heterocycles. The summed E-state index contributed by atoms with van der Waals surface area (Å²) >= 11 is 0. The third kappa shape index (κ3) is 2.22. The minimum absolute atomic E-state index is 0.441. The van der Waals surface area contributed by atoms with Gasteiger partial charge in [0.05, 0.1) is 5.54 Å². The van der Waals surface area contributed by atoms with E-state index in [2.05, 4.69) is 22.9 Å². The first-order valence-corrected chi connectivity index (χ1v) is 8.08. The van der Waals surface area contributed by atoms with Gasteiger partial charge in [0.2, 0.25) is 0 Å². The monoisotopic (exact) mass is 290 g/mol. The van der Waals surface area contributed by atoms with Gasteiger partial charge >= 0.3 is 0 Å². The summed E-state index contributed by atoms with van der Waals surface area (Å²) in [5, 5.41) is 2.26. The highest BCUT2D eigenvalue weighted by atomic mass is 32.2. The molecule has 1 N–H and O–H groups in total. The Morgan fingerprint density at radius 1 is 1.05 bits per heavy atom. The van der Waals surface area contributed by atoms with Crippen LogP contribution in [-0.2, 0) is 15.7 Å². The molecule has 0 spiro atoms. The Bertz CT molecular complexity index is 744. The first-order valence-electron chi connectivity index (χ1n) is 6.64. The van der Waals surface area contributed by atoms with Crippen LogP contribution in [0.3, 0.4) is 0 Å². The summed E-state index contributed by atoms with van der Waals surface area (Å²) in [5.74, 6) is 0. The van der Waals surface area contributed by atoms with E-state index in [1.165, 1.54) is 4.31 Å². The van der Waals surface area contributed by atoms with E-state index in [1.54, 1.807) is 14.1 Å². The maximum atomic E-state index is 12.1. The Morgan fingerprint density at radius 3 is 2.35 bits per heavy atom. The molecule has 0 saturated heterocycles. The van der Waals surface area contributed by atoms with Crippen molar-refractivity contribution in [2.24, 2.45) is 0 Å². The Balaban J connectivity index is 2.07. The van der Waals surface area contributed by atoms with Gasteiger partial charge in [-0.25, -0.2) is 0 Å². The molecule has 0 radical (unpaired) electrons. The zero-order valence-electron chi connectivity index (χ0n) is 11.6. The fourth-order valence-electron chi connectivity index (χ4n) is 2.53. The Labute approximate surface area is 119 Å². The zero-order chi connectivity index (χ0) is 14.4. The predicted molar refractivity (Wildman–Crippen MR) is 80.6 cm³/mol. The molecule has 1 saturated carbocycles. The summed E-state index contributed by atoms with van der Waals surface area (Å²) in [6, 6.07) is 14.1. The molecule has 5 heteroatoms. The van der Waals surface area contributed by atoms with Crippen LogP contribution < -0.4 is 4.72 Å². The fourth-order valence-corrected chi connectivity index (χ4v) is 3.52. The molecule has 2 aromatic carbocycles. The number of hydrogen-bond donors (Lipinski definition) is 1. The van der Waals surface area contributed by atoms with E-state index >= 15 is 0 Å². The number of rotatable bonds is 4. The molecule has 1 aliphatic rings. The van der Waals surface area contributed by atoms with E-state index in [4.69, 9.17) is 0 Å². The maximum absolute atomic E-state index is 12.1. The van der Waals surface area contributed by atoms with Gasteiger partial charge in [0.1, 0.15) is 0 Å². The molecule has 0 aromatic heterocycles. The number of fused-ring (bicyclic) bond motifs is 1. The van der Waals surface area contributed by atoms with Gasteiger partial charge in [0.25, 0.3) is 10.2 Å². The van der Waals surface area contributed by atoms with E-state index in [9.17, 15) is 8.42 Å². The third-order valence-corrected chi connectivity index (χ3v) is 5.47. The van der Waals surface area contributed by atoms with Gasteiger partial charge < -0.3 is 0 Å². The van der Waals surface area contributed by atoms with Crippen LogP contribution in [0.1, 0.15) is 18.4 Å². The van der Waals surface area contributed by atoms with Gasteiger partial charge in [0, 0.05) is 14.1 Å². The number of nitrogens with one attached hydrogen (secondary N) is 1. The molecule has 2 aromatic rings. The van der Waals surface area contributed by atoms with Gasteiger partial charge in [-0.05, 0) is 29.2 Å². The molecule has 106 valence electrons. The van der Waals surface area contributed by atoms with Crippen molar-refractivity contribution in [2.75, 3.05) is 14.1 Å². The SMILES string of the molecule is CN(C)S(=O)(=O)NC1(c2cccc3ccccc23)CC1. The first kappa shape index (κ1) is 13.5. The quantitative estimate of drug-likeness (QED) is 0.938. The summed E-state index contributed by atoms with van der Waals surface area (Å²) in [7, 11) is -0.341. The van der Waals surface area contributed by atoms with Crippen LogP contribution in [-0.4, -0.2) is 26.8 Å². The average Bonchev–Trinajstić information content (AvgIpc) is 3.18. The number of nitrogens with zero attached hydrogens (tertiary/aromatic N) is 1. The molecule has 1 fully saturated rings. The van der Waals surface area contributed by atoms with Crippen LogP contribution in [0.5, 0.6) is 0 Å². The Kier molecular flexibility index (Phi) is 3.08. The number of benzene rings is 2. The van der Waals surface area contributed by atoms with Crippen LogP contribution in [0, 0.1) is 0 Å². The Morgan fingerprint density at radius 2 is 1.70 bits per heavy atom. The van der Waals surface area contributed by atoms with Crippen molar-refractivity contribution >= 4 is 21.0 Å². The summed E-state index contributed by atoms with van der Waals surface area (Å²) in [6.07, 6.45) is 1.68. The topological polar surface area (TPSA) is 49.4 Å². The van der Waals surface area contributed by atoms with Gasteiger partial charge in [-0.15, -0.1) is 0 Å². The maximum Gasteiger partial charge on any atom is 0.279 e. The lowest BCUT2D eigenvalue weighted by Crippen LogP contribution is -2.42. The van der Waals surface area contributed by atoms with Gasteiger partial charge in [0.15, 0.2) is 0 Å². The van der Waals surface area contributed by atoms with Gasteiger partial charge in [-0.2, -0.15) is 17.4 Å². The first-order chi connectivity index (χ1) is 9.45. The van der Waals surface area contributed by atoms with E-state index in [0.717, 1.165) is 29.2 Å². The van der Waals surface area contributed by atoms with Crippen molar-refractivity contribution in [3.05, 3.63) is 48.0 Å². The van der Waals surface area contributed by atoms with Crippen molar-refractivity contribution in [2.45, 2.75) is 18.4 Å². The lowest BCUT2D eigenvalue weighted by atomic mass is 9.98. The van der Waals surface area contributed by atoms with Gasteiger partial charge in [-0.1, -0.05) is 42.5 Å². The highest BCUT2D eigenvalue weighted by Crippen LogP contribution is 2.48. The fraction of sp³-hybridized carbons (Fsp3) is 0.333. The van der Waals surface area contributed by atoms with Crippen molar-refractivity contribution in [3.63, 3.8) is 0 Å². The van der Waals surface area contributed by atoms with Crippen molar-refractivity contribution < 1.29 is 8.42 Å². The molecule has 0 atom stereocenters. The lowest BCUT2D eigenvalue weighted by molar-refractivity contribution is 0.485. The highest BCUT2D eigenvalue weighted by Gasteiger charge is 2.48. The number of hydrogen-bond acceptors (Lipinski definition) is 2. The second kappa shape index (κ2) is 4.55. The predicted octanol–water partition coefficient (Wildman–Crippen LogP) is 2.22. The van der Waals surface area contributed by atoms with E-state index in [-0.39, 0.29) is 0 Å². The van der Waals surface area contributed by atoms with Crippen molar-refractivity contribution in [3.8, 4) is 0 Å². The summed E-state index contributed by atoms with van der Waals surface area (Å²) in [6.45, 7) is 0. The van der Waals surface area contributed by atoms with Crippen molar-refractivity contribution in [1.29, 1.82) is 0 Å². The normalized spacial score (nSPS) is 17.6. The second-order valence-corrected chi connectivity index (χ2v) is 7.38. The molecule has 3 rings (SSSR count). The van der Waals surface area contributed by atoms with E-state index in [0.29, 0.717) is 0 Å². The Hall–Kier alpha value is -1.43. The molecular formula is C15H18N2O2S. The minimum atomic E-state index is -3.43. The van der Waals surface area contributed by atoms with Crippen LogP contribution in [0.2, 0.25) is 0 Å². The average molecular weight is 290 g/mol. The molecule has 20 heavy (non-hydrogen) atoms. The third-order valence-electron chi connectivity index (χ3n) is 3.86. The van der Waals surface area contributed by atoms with Crippen molar-refractivity contribution in [1.82, 2.24) is 9.03 Å². The summed E-state index contributed by atoms with van der Waals surface area (Å²) in [5.41, 5.74) is 0.630. The lowest BCUT2D eigenvalue weighted by Gasteiger charge is -2.22. The van der Waals surface area contributed by atoms with E-state index in [1.807, 2.05) is 24.3 Å². The molecular weight excluding hydrogens is 272 g/mol. The molecule has 0 bridgehead atoms. The van der Waals surface area contributed by atoms with Crippen LogP contribution in [0.25, 0.3) is 10.8 Å². The highest BCUT2D eigenvalue weighted by molar-refractivity contribution is 7.87. The second-order valence-electron chi connectivity index (χ2n) is 5.50. The largest absolute Gasteiger partial charge is 0.279 e. The standard InChI is InChI=1S/C15H18N2O2S/c1-17(2)20(18,19)16-15(10-11-15)14-9-5-7-12-6-3-4-8-13(12)14/h3-9,16H,10-11H2,1-2H3. The molecule has 0 aliphatic heterocycles. The molecule has 0 amide bonds. The smallest absolute Gasteiger partial charge is 0.195 e. The van der Waals surface area contributed by atoms with Crippen LogP contribution in [0.15, 0.2) is 42.5 Å². The van der Waals surface area contributed by atoms with Crippen LogP contribution >= 0.6 is 0 Å². The minimum Gasteiger partial charge on any atom is -0.195 e. The molecule has 4 nitrogen and oxygen atoms in total. The zero-order valence-corrected chi connectivity index (χ0v) is 12.4. The van der Waals surface area contributed by atoms with Crippen LogP contribution in [0.4, 0.5) is 0 Å². The summed E-state index contributed by atoms with van der Waals surface area (Å²) in [4.78, 5) is 0. The van der Waals surface area contributed by atoms with Gasteiger partial charge in [-0.3, -0.25) is 0 Å². The summed E-state index contributed by atoms with van der Waals surface area (Å²) < 4.78 is 28.3. The van der Waals surface area contributed by atoms with E-state index < -0.39 is 15.7 Å². The molecule has 1 aliphatic carbocycles.